The van der Waals surface area contributed by atoms with Crippen molar-refractivity contribution in [3.8, 4) is 0 Å². The summed E-state index contributed by atoms with van der Waals surface area (Å²) in [6, 6.07) is 13.6. The van der Waals surface area contributed by atoms with E-state index in [2.05, 4.69) is 4.72 Å². The Morgan fingerprint density at radius 2 is 1.64 bits per heavy atom. The Bertz CT molecular complexity index is 866. The Kier molecular flexibility index (Phi) is 5.34. The van der Waals surface area contributed by atoms with Gasteiger partial charge < -0.3 is 4.90 Å². The van der Waals surface area contributed by atoms with Gasteiger partial charge in [0.25, 0.3) is 5.91 Å². The molecule has 1 amide bonds. The Balaban J connectivity index is 2.23. The molecule has 0 aliphatic rings. The van der Waals surface area contributed by atoms with E-state index in [1.165, 1.54) is 24.3 Å². The highest BCUT2D eigenvalue weighted by atomic mass is 32.2. The van der Waals surface area contributed by atoms with Gasteiger partial charge in [-0.05, 0) is 69.7 Å². The molecule has 0 saturated heterocycles. The average Bonchev–Trinajstić information content (AvgIpc) is 2.51. The molecule has 0 atom stereocenters. The fourth-order valence-corrected chi connectivity index (χ4v) is 3.80. The maximum Gasteiger partial charge on any atom is 0.258 e. The standard InChI is InChI=1S/C19H24N2O3S/c1-14-7-6-8-16(13-14)21(5)18(22)15-9-11-17(12-10-15)25(23,24)20-19(2,3)4/h6-13,20H,1-5H3. The highest BCUT2D eigenvalue weighted by Gasteiger charge is 2.22. The molecule has 1 N–H and O–H groups in total. The normalized spacial score (nSPS) is 12.0. The van der Waals surface area contributed by atoms with E-state index in [9.17, 15) is 13.2 Å². The number of aryl methyl sites for hydroxylation is 1. The molecule has 0 fully saturated rings. The molecule has 6 heteroatoms. The van der Waals surface area contributed by atoms with E-state index in [1.807, 2.05) is 31.2 Å². The molecule has 134 valence electrons. The van der Waals surface area contributed by atoms with Gasteiger partial charge in [-0.2, -0.15) is 0 Å². The third-order valence-corrected chi connectivity index (χ3v) is 5.32. The van der Waals surface area contributed by atoms with Gasteiger partial charge in [-0.1, -0.05) is 12.1 Å². The van der Waals surface area contributed by atoms with E-state index in [-0.39, 0.29) is 10.8 Å². The third-order valence-electron chi connectivity index (χ3n) is 3.55. The molecule has 2 aromatic rings. The van der Waals surface area contributed by atoms with Gasteiger partial charge in [0.05, 0.1) is 4.90 Å². The molecule has 0 spiro atoms. The van der Waals surface area contributed by atoms with Crippen LogP contribution in [0.5, 0.6) is 0 Å². The number of carbonyl (C=O) groups is 1. The summed E-state index contributed by atoms with van der Waals surface area (Å²) in [6.45, 7) is 7.29. The highest BCUT2D eigenvalue weighted by Crippen LogP contribution is 2.19. The molecule has 0 heterocycles. The van der Waals surface area contributed by atoms with Gasteiger partial charge in [0, 0.05) is 23.8 Å². The molecular weight excluding hydrogens is 336 g/mol. The zero-order valence-electron chi connectivity index (χ0n) is 15.2. The van der Waals surface area contributed by atoms with Crippen molar-refractivity contribution < 1.29 is 13.2 Å². The van der Waals surface area contributed by atoms with Crippen molar-refractivity contribution in [2.75, 3.05) is 11.9 Å². The van der Waals surface area contributed by atoms with Crippen molar-refractivity contribution >= 4 is 21.6 Å². The summed E-state index contributed by atoms with van der Waals surface area (Å²) in [5, 5.41) is 0. The van der Waals surface area contributed by atoms with Crippen molar-refractivity contribution in [2.24, 2.45) is 0 Å². The van der Waals surface area contributed by atoms with Gasteiger partial charge in [0.15, 0.2) is 0 Å². The van der Waals surface area contributed by atoms with Crippen LogP contribution in [0.4, 0.5) is 5.69 Å². The van der Waals surface area contributed by atoms with E-state index in [1.54, 1.807) is 32.7 Å². The maximum atomic E-state index is 12.6. The number of anilines is 1. The first kappa shape index (κ1) is 19.1. The van der Waals surface area contributed by atoms with Crippen LogP contribution in [0.3, 0.4) is 0 Å². The molecule has 2 aromatic carbocycles. The van der Waals surface area contributed by atoms with Gasteiger partial charge in [0.2, 0.25) is 10.0 Å². The number of carbonyl (C=O) groups excluding carboxylic acids is 1. The summed E-state index contributed by atoms with van der Waals surface area (Å²) in [5.74, 6) is -0.196. The minimum atomic E-state index is -3.61. The maximum absolute atomic E-state index is 12.6. The number of nitrogens with zero attached hydrogens (tertiary/aromatic N) is 1. The molecule has 0 aromatic heterocycles. The highest BCUT2D eigenvalue weighted by molar-refractivity contribution is 7.89. The Morgan fingerprint density at radius 3 is 2.16 bits per heavy atom. The summed E-state index contributed by atoms with van der Waals surface area (Å²) in [5.41, 5.74) is 1.71. The van der Waals surface area contributed by atoms with Crippen molar-refractivity contribution in [2.45, 2.75) is 38.1 Å². The summed E-state index contributed by atoms with van der Waals surface area (Å²) >= 11 is 0. The molecule has 0 bridgehead atoms. The van der Waals surface area contributed by atoms with E-state index in [4.69, 9.17) is 0 Å². The second kappa shape index (κ2) is 6.98. The second-order valence-corrected chi connectivity index (χ2v) is 8.77. The van der Waals surface area contributed by atoms with Crippen molar-refractivity contribution in [3.63, 3.8) is 0 Å². The molecule has 0 unspecified atom stereocenters. The SMILES string of the molecule is Cc1cccc(N(C)C(=O)c2ccc(S(=O)(=O)NC(C)(C)C)cc2)c1. The first-order valence-electron chi connectivity index (χ1n) is 7.98. The van der Waals surface area contributed by atoms with Crippen LogP contribution in [-0.4, -0.2) is 26.9 Å². The fraction of sp³-hybridized carbons (Fsp3) is 0.316. The number of rotatable bonds is 4. The zero-order valence-corrected chi connectivity index (χ0v) is 16.0. The van der Waals surface area contributed by atoms with Crippen LogP contribution in [0.2, 0.25) is 0 Å². The zero-order chi connectivity index (χ0) is 18.8. The molecule has 0 aliphatic carbocycles. The van der Waals surface area contributed by atoms with E-state index < -0.39 is 15.6 Å². The van der Waals surface area contributed by atoms with Gasteiger partial charge in [-0.3, -0.25) is 4.79 Å². The predicted octanol–water partition coefficient (Wildman–Crippen LogP) is 3.35. The Labute approximate surface area is 149 Å². The molecular formula is C19H24N2O3S. The van der Waals surface area contributed by atoms with Crippen molar-refractivity contribution in [3.05, 3.63) is 59.7 Å². The lowest BCUT2D eigenvalue weighted by Gasteiger charge is -2.21. The van der Waals surface area contributed by atoms with Crippen molar-refractivity contribution in [1.29, 1.82) is 0 Å². The average molecular weight is 360 g/mol. The predicted molar refractivity (Wildman–Crippen MR) is 100 cm³/mol. The lowest BCUT2D eigenvalue weighted by Crippen LogP contribution is -2.40. The summed E-state index contributed by atoms with van der Waals surface area (Å²) in [7, 11) is -1.92. The summed E-state index contributed by atoms with van der Waals surface area (Å²) < 4.78 is 27.2. The van der Waals surface area contributed by atoms with Crippen molar-refractivity contribution in [1.82, 2.24) is 4.72 Å². The smallest absolute Gasteiger partial charge is 0.258 e. The fourth-order valence-electron chi connectivity index (χ4n) is 2.39. The van der Waals surface area contributed by atoms with Gasteiger partial charge in [-0.25, -0.2) is 13.1 Å². The van der Waals surface area contributed by atoms with E-state index in [0.717, 1.165) is 11.3 Å². The number of hydrogen-bond acceptors (Lipinski definition) is 3. The van der Waals surface area contributed by atoms with Crippen LogP contribution in [0.1, 0.15) is 36.7 Å². The lowest BCUT2D eigenvalue weighted by atomic mass is 10.1. The topological polar surface area (TPSA) is 66.5 Å². The van der Waals surface area contributed by atoms with Crippen LogP contribution in [0, 0.1) is 6.92 Å². The number of nitrogens with one attached hydrogen (secondary N) is 1. The second-order valence-electron chi connectivity index (χ2n) is 7.08. The van der Waals surface area contributed by atoms with Gasteiger partial charge >= 0.3 is 0 Å². The van der Waals surface area contributed by atoms with Crippen LogP contribution in [0.15, 0.2) is 53.4 Å². The minimum absolute atomic E-state index is 0.136. The molecule has 0 radical (unpaired) electrons. The molecule has 0 saturated carbocycles. The van der Waals surface area contributed by atoms with E-state index in [0.29, 0.717) is 5.56 Å². The lowest BCUT2D eigenvalue weighted by molar-refractivity contribution is 0.0993. The summed E-state index contributed by atoms with van der Waals surface area (Å²) in [6.07, 6.45) is 0. The summed E-state index contributed by atoms with van der Waals surface area (Å²) in [4.78, 5) is 14.3. The number of hydrogen-bond donors (Lipinski definition) is 1. The quantitative estimate of drug-likeness (QED) is 0.909. The third kappa shape index (κ3) is 4.90. The Hall–Kier alpha value is -2.18. The van der Waals surface area contributed by atoms with Gasteiger partial charge in [0.1, 0.15) is 0 Å². The van der Waals surface area contributed by atoms with Crippen LogP contribution in [-0.2, 0) is 10.0 Å². The monoisotopic (exact) mass is 360 g/mol. The number of sulfonamides is 1. The van der Waals surface area contributed by atoms with Gasteiger partial charge in [-0.15, -0.1) is 0 Å². The number of benzene rings is 2. The Morgan fingerprint density at radius 1 is 1.04 bits per heavy atom. The molecule has 2 rings (SSSR count). The first-order valence-corrected chi connectivity index (χ1v) is 9.47. The molecule has 5 nitrogen and oxygen atoms in total. The first-order chi connectivity index (χ1) is 11.5. The van der Waals surface area contributed by atoms with Crippen LogP contribution >= 0.6 is 0 Å². The van der Waals surface area contributed by atoms with E-state index >= 15 is 0 Å². The number of amides is 1. The largest absolute Gasteiger partial charge is 0.311 e. The molecule has 25 heavy (non-hydrogen) atoms. The van der Waals surface area contributed by atoms with Crippen LogP contribution < -0.4 is 9.62 Å². The minimum Gasteiger partial charge on any atom is -0.311 e. The molecule has 0 aliphatic heterocycles. The van der Waals surface area contributed by atoms with Crippen LogP contribution in [0.25, 0.3) is 0 Å².